The lowest BCUT2D eigenvalue weighted by molar-refractivity contribution is 0.0575. The molecule has 3 N–H and O–H groups in total. The first-order chi connectivity index (χ1) is 18.9. The van der Waals surface area contributed by atoms with E-state index in [2.05, 4.69) is 5.10 Å². The molecule has 9 heteroatoms. The van der Waals surface area contributed by atoms with Crippen LogP contribution in [0, 0.1) is 24.0 Å². The first kappa shape index (κ1) is 27.7. The van der Waals surface area contributed by atoms with Gasteiger partial charge < -0.3 is 20.5 Å². The molecule has 0 spiro atoms. The second kappa shape index (κ2) is 10.3. The Morgan fingerprint density at radius 2 is 1.88 bits per heavy atom. The van der Waals surface area contributed by atoms with Gasteiger partial charge in [-0.25, -0.2) is 4.39 Å². The zero-order chi connectivity index (χ0) is 28.9. The van der Waals surface area contributed by atoms with E-state index in [0.717, 1.165) is 28.1 Å². The maximum absolute atomic E-state index is 15.2. The summed E-state index contributed by atoms with van der Waals surface area (Å²) in [7, 11) is 1.80. The van der Waals surface area contributed by atoms with Gasteiger partial charge in [0.25, 0.3) is 5.91 Å². The molecule has 0 saturated carbocycles. The number of carbonyl (C=O) groups is 1. The molecular formula is C31H34F2N4O3. The molecule has 0 radical (unpaired) electrons. The molecule has 0 saturated heterocycles. The van der Waals surface area contributed by atoms with Crippen LogP contribution >= 0.6 is 0 Å². The van der Waals surface area contributed by atoms with Crippen LogP contribution < -0.4 is 15.4 Å². The number of aliphatic hydroxyl groups excluding tert-OH is 1. The number of aryl methyl sites for hydroxylation is 1. The van der Waals surface area contributed by atoms with Crippen LogP contribution in [-0.4, -0.2) is 40.5 Å². The van der Waals surface area contributed by atoms with Crippen LogP contribution in [0.4, 0.5) is 14.5 Å². The number of rotatable bonds is 8. The summed E-state index contributed by atoms with van der Waals surface area (Å²) in [4.78, 5) is 14.7. The number of ether oxygens (including phenoxy) is 1. The Hall–Kier alpha value is -3.82. The van der Waals surface area contributed by atoms with Crippen LogP contribution in [0.1, 0.15) is 54.2 Å². The molecule has 1 amide bonds. The van der Waals surface area contributed by atoms with E-state index in [0.29, 0.717) is 41.0 Å². The number of hydrogen-bond acceptors (Lipinski definition) is 5. The van der Waals surface area contributed by atoms with Crippen molar-refractivity contribution in [1.82, 2.24) is 9.78 Å². The number of halogens is 2. The van der Waals surface area contributed by atoms with Gasteiger partial charge in [0.1, 0.15) is 6.10 Å². The monoisotopic (exact) mass is 548 g/mol. The fourth-order valence-electron chi connectivity index (χ4n) is 5.33. The molecule has 1 aromatic heterocycles. The van der Waals surface area contributed by atoms with Crippen LogP contribution in [0.25, 0.3) is 21.9 Å². The Bertz CT molecular complexity index is 1620. The second-order valence-corrected chi connectivity index (χ2v) is 11.3. The number of amides is 1. The molecule has 3 aromatic carbocycles. The first-order valence-corrected chi connectivity index (χ1v) is 13.3. The van der Waals surface area contributed by atoms with Crippen molar-refractivity contribution < 1.29 is 23.4 Å². The molecule has 0 aliphatic carbocycles. The zero-order valence-electron chi connectivity index (χ0n) is 23.4. The number of nitrogens with zero attached hydrogens (tertiary/aromatic N) is 3. The van der Waals surface area contributed by atoms with E-state index in [1.54, 1.807) is 34.8 Å². The summed E-state index contributed by atoms with van der Waals surface area (Å²) in [5, 5.41) is 17.1. The third kappa shape index (κ3) is 4.63. The summed E-state index contributed by atoms with van der Waals surface area (Å²) in [5.41, 5.74) is 9.80. The molecule has 1 unspecified atom stereocenters. The van der Waals surface area contributed by atoms with Gasteiger partial charge in [0.15, 0.2) is 11.6 Å². The van der Waals surface area contributed by atoms with Crippen LogP contribution in [0.2, 0.25) is 0 Å². The number of aromatic nitrogens is 2. The highest BCUT2D eigenvalue weighted by molar-refractivity contribution is 6.25. The molecule has 4 aromatic rings. The molecule has 0 fully saturated rings. The Labute approximate surface area is 232 Å². The minimum absolute atomic E-state index is 0.0339. The predicted octanol–water partition coefficient (Wildman–Crippen LogP) is 5.45. The number of hydrogen-bond donors (Lipinski definition) is 2. The molecule has 210 valence electrons. The van der Waals surface area contributed by atoms with E-state index in [1.807, 2.05) is 39.8 Å². The van der Waals surface area contributed by atoms with E-state index in [9.17, 15) is 14.3 Å². The molecular weight excluding hydrogens is 514 g/mol. The highest BCUT2D eigenvalue weighted by atomic mass is 19.2. The number of carbonyl (C=O) groups excluding carboxylic acids is 1. The van der Waals surface area contributed by atoms with E-state index >= 15 is 4.39 Å². The van der Waals surface area contributed by atoms with Gasteiger partial charge in [-0.1, -0.05) is 32.9 Å². The van der Waals surface area contributed by atoms with E-state index in [-0.39, 0.29) is 24.8 Å². The van der Waals surface area contributed by atoms with Gasteiger partial charge in [-0.2, -0.15) is 9.49 Å². The SMILES string of the molecule is Cc1c(CCOc2c(-c3cc4c5c(cccc5c3)C(=O)N4CCN)ccc(F)c2F)c(C(O)C(C)(C)C)nn1C. The molecule has 7 nitrogen and oxygen atoms in total. The minimum atomic E-state index is -1.09. The lowest BCUT2D eigenvalue weighted by Gasteiger charge is -2.25. The highest BCUT2D eigenvalue weighted by Crippen LogP contribution is 2.43. The Morgan fingerprint density at radius 1 is 1.12 bits per heavy atom. The van der Waals surface area contributed by atoms with Gasteiger partial charge >= 0.3 is 0 Å². The smallest absolute Gasteiger partial charge is 0.259 e. The molecule has 2 heterocycles. The topological polar surface area (TPSA) is 93.6 Å². The fraction of sp³-hybridized carbons (Fsp3) is 0.355. The third-order valence-electron chi connectivity index (χ3n) is 7.60. The first-order valence-electron chi connectivity index (χ1n) is 13.3. The lowest BCUT2D eigenvalue weighted by Crippen LogP contribution is -2.32. The van der Waals surface area contributed by atoms with Crippen LogP contribution in [0.3, 0.4) is 0 Å². The van der Waals surface area contributed by atoms with Crippen LogP contribution in [-0.2, 0) is 13.5 Å². The Balaban J connectivity index is 1.52. The summed E-state index contributed by atoms with van der Waals surface area (Å²) in [6.07, 6.45) is -0.471. The average Bonchev–Trinajstić information content (AvgIpc) is 3.35. The largest absolute Gasteiger partial charge is 0.489 e. The standard InChI is InChI=1S/C31H34F2N4O3/c1-17-20(27(35-36(17)5)29(38)31(2,3)4)11-14-40-28-21(9-10-23(32)26(28)33)19-15-18-7-6-8-22-25(18)24(16-19)37(13-12-34)30(22)39/h6-10,15-16,29,38H,11-14,34H2,1-5H3. The number of aliphatic hydroxyl groups is 1. The molecule has 5 rings (SSSR count). The molecule has 1 aliphatic heterocycles. The van der Waals surface area contributed by atoms with Crippen molar-refractivity contribution in [3.8, 4) is 16.9 Å². The summed E-state index contributed by atoms with van der Waals surface area (Å²) in [6.45, 7) is 8.33. The third-order valence-corrected chi connectivity index (χ3v) is 7.60. The van der Waals surface area contributed by atoms with Crippen molar-refractivity contribution in [2.45, 2.75) is 40.2 Å². The summed E-state index contributed by atoms with van der Waals surface area (Å²) < 4.78 is 37.3. The van der Waals surface area contributed by atoms with Gasteiger partial charge in [0.2, 0.25) is 5.82 Å². The van der Waals surface area contributed by atoms with Gasteiger partial charge in [0, 0.05) is 54.3 Å². The maximum Gasteiger partial charge on any atom is 0.259 e. The van der Waals surface area contributed by atoms with Crippen LogP contribution in [0.5, 0.6) is 5.75 Å². The molecule has 0 bridgehead atoms. The van der Waals surface area contributed by atoms with Crippen molar-refractivity contribution in [1.29, 1.82) is 0 Å². The van der Waals surface area contributed by atoms with E-state index < -0.39 is 23.2 Å². The number of anilines is 1. The van der Waals surface area contributed by atoms with Crippen molar-refractivity contribution in [3.63, 3.8) is 0 Å². The molecule has 40 heavy (non-hydrogen) atoms. The zero-order valence-corrected chi connectivity index (χ0v) is 23.4. The number of nitrogens with two attached hydrogens (primary N) is 1. The van der Waals surface area contributed by atoms with Gasteiger partial charge in [0.05, 0.1) is 18.0 Å². The summed E-state index contributed by atoms with van der Waals surface area (Å²) in [6, 6.07) is 11.7. The quantitative estimate of drug-likeness (QED) is 0.306. The normalized spacial score (nSPS) is 13.9. The predicted molar refractivity (Wildman–Crippen MR) is 152 cm³/mol. The van der Waals surface area contributed by atoms with Crippen molar-refractivity contribution in [2.75, 3.05) is 24.6 Å². The fourth-order valence-corrected chi connectivity index (χ4v) is 5.33. The molecule has 1 atom stereocenters. The van der Waals surface area contributed by atoms with Gasteiger partial charge in [-0.3, -0.25) is 9.48 Å². The van der Waals surface area contributed by atoms with Crippen molar-refractivity contribution in [2.24, 2.45) is 18.2 Å². The number of benzene rings is 3. The van der Waals surface area contributed by atoms with E-state index in [1.165, 1.54) is 6.07 Å². The van der Waals surface area contributed by atoms with Crippen molar-refractivity contribution >= 4 is 22.4 Å². The van der Waals surface area contributed by atoms with Gasteiger partial charge in [-0.05, 0) is 53.6 Å². The summed E-state index contributed by atoms with van der Waals surface area (Å²) >= 11 is 0. The highest BCUT2D eigenvalue weighted by Gasteiger charge is 2.31. The minimum Gasteiger partial charge on any atom is -0.489 e. The summed E-state index contributed by atoms with van der Waals surface area (Å²) in [5.74, 6) is -2.45. The average molecular weight is 549 g/mol. The maximum atomic E-state index is 15.2. The van der Waals surface area contributed by atoms with Crippen LogP contribution in [0.15, 0.2) is 42.5 Å². The van der Waals surface area contributed by atoms with Crippen molar-refractivity contribution in [3.05, 3.63) is 76.6 Å². The second-order valence-electron chi connectivity index (χ2n) is 11.3. The molecule has 1 aliphatic rings. The Kier molecular flexibility index (Phi) is 7.14. The van der Waals surface area contributed by atoms with Gasteiger partial charge in [-0.15, -0.1) is 0 Å². The van der Waals surface area contributed by atoms with E-state index in [4.69, 9.17) is 10.5 Å². The Morgan fingerprint density at radius 3 is 2.58 bits per heavy atom. The lowest BCUT2D eigenvalue weighted by atomic mass is 9.85.